The number of benzene rings is 2. The van der Waals surface area contributed by atoms with Gasteiger partial charge in [-0.2, -0.15) is 0 Å². The van der Waals surface area contributed by atoms with Gasteiger partial charge in [0.2, 0.25) is 0 Å². The van der Waals surface area contributed by atoms with Crippen LogP contribution in [-0.4, -0.2) is 35.2 Å². The van der Waals surface area contributed by atoms with E-state index in [1.165, 1.54) is 16.2 Å². The molecule has 5 nitrogen and oxygen atoms in total. The summed E-state index contributed by atoms with van der Waals surface area (Å²) in [5.74, 6) is -1.07. The molecule has 1 atom stereocenters. The van der Waals surface area contributed by atoms with Gasteiger partial charge in [-0.1, -0.05) is 48.5 Å². The molecule has 1 unspecified atom stereocenters. The van der Waals surface area contributed by atoms with Crippen LogP contribution < -0.4 is 0 Å². The SMILES string of the molecule is O=C(O)C1c2sccc2CCN1C(=O)OCC1c2ccccc2-c2ccccc21. The molecule has 1 amide bonds. The summed E-state index contributed by atoms with van der Waals surface area (Å²) >= 11 is 1.38. The van der Waals surface area contributed by atoms with E-state index in [1.54, 1.807) is 0 Å². The van der Waals surface area contributed by atoms with Crippen LogP contribution >= 0.6 is 11.3 Å². The summed E-state index contributed by atoms with van der Waals surface area (Å²) in [6, 6.07) is 17.2. The normalized spacial score (nSPS) is 17.4. The van der Waals surface area contributed by atoms with Gasteiger partial charge in [0.05, 0.1) is 0 Å². The second-order valence-corrected chi connectivity index (χ2v) is 8.25. The van der Waals surface area contributed by atoms with Crippen LogP contribution in [0, 0.1) is 0 Å². The average molecular weight is 405 g/mol. The minimum absolute atomic E-state index is 0.0447. The van der Waals surface area contributed by atoms with Crippen molar-refractivity contribution in [2.24, 2.45) is 0 Å². The summed E-state index contributed by atoms with van der Waals surface area (Å²) < 4.78 is 5.68. The van der Waals surface area contributed by atoms with Crippen molar-refractivity contribution in [2.75, 3.05) is 13.2 Å². The maximum atomic E-state index is 12.9. The van der Waals surface area contributed by atoms with E-state index >= 15 is 0 Å². The first-order chi connectivity index (χ1) is 14.1. The van der Waals surface area contributed by atoms with Gasteiger partial charge in [0.1, 0.15) is 6.61 Å². The minimum Gasteiger partial charge on any atom is -0.479 e. The Bertz CT molecular complexity index is 1060. The number of amides is 1. The van der Waals surface area contributed by atoms with Crippen molar-refractivity contribution in [3.8, 4) is 11.1 Å². The molecule has 5 rings (SSSR count). The predicted octanol–water partition coefficient (Wildman–Crippen LogP) is 4.68. The zero-order valence-electron chi connectivity index (χ0n) is 15.6. The van der Waals surface area contributed by atoms with Crippen molar-refractivity contribution in [1.29, 1.82) is 0 Å². The Hall–Kier alpha value is -3.12. The van der Waals surface area contributed by atoms with Gasteiger partial charge in [-0.15, -0.1) is 11.3 Å². The van der Waals surface area contributed by atoms with Crippen LogP contribution in [0.3, 0.4) is 0 Å². The van der Waals surface area contributed by atoms with E-state index < -0.39 is 18.1 Å². The van der Waals surface area contributed by atoms with Crippen molar-refractivity contribution in [2.45, 2.75) is 18.4 Å². The number of nitrogens with zero attached hydrogens (tertiary/aromatic N) is 1. The molecule has 6 heteroatoms. The second kappa shape index (κ2) is 7.04. The number of hydrogen-bond donors (Lipinski definition) is 1. The van der Waals surface area contributed by atoms with Crippen molar-refractivity contribution in [1.82, 2.24) is 4.90 Å². The fourth-order valence-corrected chi connectivity index (χ4v) is 5.48. The maximum absolute atomic E-state index is 12.9. The second-order valence-electron chi connectivity index (χ2n) is 7.30. The highest BCUT2D eigenvalue weighted by atomic mass is 32.1. The molecular formula is C23H19NO4S. The fraction of sp³-hybridized carbons (Fsp3) is 0.217. The van der Waals surface area contributed by atoms with E-state index in [1.807, 2.05) is 35.7 Å². The smallest absolute Gasteiger partial charge is 0.410 e. The van der Waals surface area contributed by atoms with E-state index in [0.717, 1.165) is 32.7 Å². The average Bonchev–Trinajstić information content (AvgIpc) is 3.34. The molecule has 1 N–H and O–H groups in total. The van der Waals surface area contributed by atoms with Gasteiger partial charge in [-0.3, -0.25) is 4.90 Å². The number of carbonyl (C=O) groups is 2. The Kier molecular flexibility index (Phi) is 4.36. The zero-order chi connectivity index (χ0) is 20.0. The van der Waals surface area contributed by atoms with Crippen molar-refractivity contribution in [3.63, 3.8) is 0 Å². The van der Waals surface area contributed by atoms with E-state index in [2.05, 4.69) is 24.3 Å². The lowest BCUT2D eigenvalue weighted by Crippen LogP contribution is -2.43. The lowest BCUT2D eigenvalue weighted by Gasteiger charge is -2.32. The minimum atomic E-state index is -1.03. The molecule has 2 aromatic carbocycles. The third-order valence-electron chi connectivity index (χ3n) is 5.77. The van der Waals surface area contributed by atoms with Crippen LogP contribution in [0.2, 0.25) is 0 Å². The first kappa shape index (κ1) is 17.9. The number of carboxylic acids is 1. The summed E-state index contributed by atoms with van der Waals surface area (Å²) in [7, 11) is 0. The van der Waals surface area contributed by atoms with E-state index in [0.29, 0.717) is 13.0 Å². The van der Waals surface area contributed by atoms with Crippen LogP contribution in [0.5, 0.6) is 0 Å². The molecule has 3 aromatic rings. The van der Waals surface area contributed by atoms with Crippen molar-refractivity contribution in [3.05, 3.63) is 81.5 Å². The predicted molar refractivity (Wildman–Crippen MR) is 110 cm³/mol. The third kappa shape index (κ3) is 2.91. The Labute approximate surface area is 172 Å². The molecule has 1 aromatic heterocycles. The summed E-state index contributed by atoms with van der Waals surface area (Å²) in [6.07, 6.45) is 0.0746. The number of rotatable bonds is 3. The van der Waals surface area contributed by atoms with Crippen LogP contribution in [-0.2, 0) is 16.0 Å². The first-order valence-electron chi connectivity index (χ1n) is 9.56. The maximum Gasteiger partial charge on any atom is 0.410 e. The standard InChI is InChI=1S/C23H19NO4S/c25-22(26)20-21-14(10-12-29-21)9-11-24(20)23(27)28-13-19-17-7-3-1-5-15(17)16-6-2-4-8-18(16)19/h1-8,10,12,19-20H,9,11,13H2,(H,25,26). The molecule has 29 heavy (non-hydrogen) atoms. The Morgan fingerprint density at radius 1 is 1.03 bits per heavy atom. The Balaban J connectivity index is 1.38. The van der Waals surface area contributed by atoms with Crippen molar-refractivity contribution < 1.29 is 19.4 Å². The number of hydrogen-bond acceptors (Lipinski definition) is 4. The van der Waals surface area contributed by atoms with Crippen LogP contribution in [0.15, 0.2) is 60.0 Å². The molecule has 0 saturated carbocycles. The highest BCUT2D eigenvalue weighted by molar-refractivity contribution is 7.10. The summed E-state index contributed by atoms with van der Waals surface area (Å²) in [5, 5.41) is 11.6. The quantitative estimate of drug-likeness (QED) is 0.687. The van der Waals surface area contributed by atoms with Gasteiger partial charge in [0.25, 0.3) is 0 Å². The van der Waals surface area contributed by atoms with E-state index in [-0.39, 0.29) is 12.5 Å². The summed E-state index contributed by atoms with van der Waals surface area (Å²) in [4.78, 5) is 26.8. The Morgan fingerprint density at radius 2 is 1.69 bits per heavy atom. The summed E-state index contributed by atoms with van der Waals surface area (Å²) in [5.41, 5.74) is 5.60. The van der Waals surface area contributed by atoms with Crippen LogP contribution in [0.25, 0.3) is 11.1 Å². The van der Waals surface area contributed by atoms with Gasteiger partial charge in [-0.25, -0.2) is 9.59 Å². The van der Waals surface area contributed by atoms with Crippen LogP contribution in [0.4, 0.5) is 4.79 Å². The molecule has 2 heterocycles. The van der Waals surface area contributed by atoms with Crippen LogP contribution in [0.1, 0.15) is 33.5 Å². The van der Waals surface area contributed by atoms with Gasteiger partial charge >= 0.3 is 12.1 Å². The van der Waals surface area contributed by atoms with E-state index in [4.69, 9.17) is 4.74 Å². The van der Waals surface area contributed by atoms with Gasteiger partial charge in [0, 0.05) is 17.3 Å². The summed E-state index contributed by atoms with van der Waals surface area (Å²) in [6.45, 7) is 0.532. The molecule has 0 spiro atoms. The molecule has 2 aliphatic rings. The van der Waals surface area contributed by atoms with Gasteiger partial charge in [0.15, 0.2) is 6.04 Å². The molecule has 1 aliphatic carbocycles. The van der Waals surface area contributed by atoms with Gasteiger partial charge < -0.3 is 9.84 Å². The Morgan fingerprint density at radius 3 is 2.34 bits per heavy atom. The molecule has 0 fully saturated rings. The topological polar surface area (TPSA) is 66.8 Å². The zero-order valence-corrected chi connectivity index (χ0v) is 16.4. The lowest BCUT2D eigenvalue weighted by atomic mass is 9.98. The monoisotopic (exact) mass is 405 g/mol. The number of thiophene rings is 1. The molecular weight excluding hydrogens is 386 g/mol. The highest BCUT2D eigenvalue weighted by Gasteiger charge is 2.38. The van der Waals surface area contributed by atoms with Gasteiger partial charge in [-0.05, 0) is 45.7 Å². The highest BCUT2D eigenvalue weighted by Crippen LogP contribution is 2.44. The molecule has 0 bridgehead atoms. The molecule has 1 aliphatic heterocycles. The van der Waals surface area contributed by atoms with Crippen molar-refractivity contribution >= 4 is 23.4 Å². The number of carboxylic acid groups (broad SMARTS) is 1. The largest absolute Gasteiger partial charge is 0.479 e. The number of aliphatic carboxylic acids is 1. The lowest BCUT2D eigenvalue weighted by molar-refractivity contribution is -0.143. The third-order valence-corrected chi connectivity index (χ3v) is 6.78. The fourth-order valence-electron chi connectivity index (χ4n) is 4.42. The number of carbonyl (C=O) groups excluding carboxylic acids is 1. The first-order valence-corrected chi connectivity index (χ1v) is 10.4. The number of ether oxygens (including phenoxy) is 1. The van der Waals surface area contributed by atoms with E-state index in [9.17, 15) is 14.7 Å². The molecule has 0 radical (unpaired) electrons. The molecule has 0 saturated heterocycles. The number of fused-ring (bicyclic) bond motifs is 4. The molecule has 146 valence electrons.